The number of rotatable bonds is 5. The van der Waals surface area contributed by atoms with Gasteiger partial charge in [-0.25, -0.2) is 13.9 Å². The molecule has 114 valence electrons. The summed E-state index contributed by atoms with van der Waals surface area (Å²) in [5, 5.41) is 7.64. The number of amides is 1. The number of benzene rings is 1. The molecule has 0 saturated carbocycles. The van der Waals surface area contributed by atoms with E-state index in [0.717, 1.165) is 11.6 Å². The fraction of sp³-hybridized carbons (Fsp3) is 0.267. The topological polar surface area (TPSA) is 83.5 Å². The Bertz CT molecular complexity index is 657. The van der Waals surface area contributed by atoms with Gasteiger partial charge in [0.05, 0.1) is 10.1 Å². The van der Waals surface area contributed by atoms with E-state index in [9.17, 15) is 13.2 Å². The Morgan fingerprint density at radius 3 is 2.33 bits per heavy atom. The van der Waals surface area contributed by atoms with Crippen molar-refractivity contribution in [2.75, 3.05) is 0 Å². The molecule has 0 aromatic heterocycles. The molecule has 6 heteroatoms. The van der Waals surface area contributed by atoms with Crippen molar-refractivity contribution in [2.24, 2.45) is 0 Å². The normalized spacial score (nSPS) is 14.2. The predicted octanol–water partition coefficient (Wildman–Crippen LogP) is 2.17. The minimum absolute atomic E-state index is 0.265. The molecule has 0 saturated heterocycles. The van der Waals surface area contributed by atoms with Gasteiger partial charge in [0, 0.05) is 6.08 Å². The summed E-state index contributed by atoms with van der Waals surface area (Å²) in [7, 11) is -3.46. The van der Waals surface area contributed by atoms with Crippen molar-refractivity contribution < 1.29 is 18.4 Å². The highest BCUT2D eigenvalue weighted by atomic mass is 32.2. The van der Waals surface area contributed by atoms with Crippen molar-refractivity contribution in [1.29, 1.82) is 0 Å². The van der Waals surface area contributed by atoms with E-state index in [4.69, 9.17) is 5.21 Å². The zero-order valence-electron chi connectivity index (χ0n) is 12.2. The minimum Gasteiger partial charge on any atom is -0.288 e. The molecule has 0 fully saturated rings. The first kappa shape index (κ1) is 17.1. The van der Waals surface area contributed by atoms with Crippen molar-refractivity contribution in [3.63, 3.8) is 0 Å². The first-order valence-corrected chi connectivity index (χ1v) is 7.93. The van der Waals surface area contributed by atoms with Gasteiger partial charge in [-0.1, -0.05) is 35.4 Å². The van der Waals surface area contributed by atoms with Gasteiger partial charge in [-0.05, 0) is 32.9 Å². The molecule has 0 radical (unpaired) electrons. The molecule has 0 spiro atoms. The van der Waals surface area contributed by atoms with Crippen LogP contribution >= 0.6 is 0 Å². The van der Waals surface area contributed by atoms with Gasteiger partial charge in [0.2, 0.25) is 0 Å². The second kappa shape index (κ2) is 7.19. The molecule has 1 aromatic carbocycles. The Hall–Kier alpha value is -1.92. The van der Waals surface area contributed by atoms with Crippen LogP contribution < -0.4 is 5.48 Å². The Labute approximate surface area is 124 Å². The van der Waals surface area contributed by atoms with E-state index in [1.54, 1.807) is 44.2 Å². The van der Waals surface area contributed by atoms with Crippen molar-refractivity contribution in [3.05, 3.63) is 53.6 Å². The van der Waals surface area contributed by atoms with E-state index in [2.05, 4.69) is 0 Å². The van der Waals surface area contributed by atoms with Crippen LogP contribution in [0.1, 0.15) is 19.4 Å². The lowest BCUT2D eigenvalue weighted by Crippen LogP contribution is -2.16. The Morgan fingerprint density at radius 1 is 1.24 bits per heavy atom. The van der Waals surface area contributed by atoms with Gasteiger partial charge in [-0.15, -0.1) is 0 Å². The van der Waals surface area contributed by atoms with Crippen molar-refractivity contribution in [3.8, 4) is 0 Å². The average Bonchev–Trinajstić information content (AvgIpc) is 2.45. The number of carbonyl (C=O) groups is 1. The number of hydrogen-bond acceptors (Lipinski definition) is 4. The Kier molecular flexibility index (Phi) is 5.87. The maximum atomic E-state index is 12.4. The van der Waals surface area contributed by atoms with Gasteiger partial charge < -0.3 is 0 Å². The van der Waals surface area contributed by atoms with Crippen LogP contribution in [0.15, 0.2) is 53.0 Å². The Morgan fingerprint density at radius 2 is 1.81 bits per heavy atom. The highest BCUT2D eigenvalue weighted by Gasteiger charge is 2.21. The molecule has 0 aliphatic carbocycles. The molecule has 2 N–H and O–H groups in total. The molecule has 0 aliphatic heterocycles. The lowest BCUT2D eigenvalue weighted by atomic mass is 10.2. The summed E-state index contributed by atoms with van der Waals surface area (Å²) in [6.07, 6.45) is 4.11. The van der Waals surface area contributed by atoms with Crippen LogP contribution in [0.3, 0.4) is 0 Å². The molecular formula is C15H19NO4S. The van der Waals surface area contributed by atoms with Crippen LogP contribution in [0.4, 0.5) is 0 Å². The second-order valence-corrected chi connectivity index (χ2v) is 7.09. The van der Waals surface area contributed by atoms with E-state index in [1.165, 1.54) is 11.6 Å². The van der Waals surface area contributed by atoms with Gasteiger partial charge in [-0.3, -0.25) is 10.0 Å². The average molecular weight is 309 g/mol. The number of aryl methyl sites for hydroxylation is 1. The lowest BCUT2D eigenvalue weighted by molar-refractivity contribution is -0.124. The van der Waals surface area contributed by atoms with E-state index in [0.29, 0.717) is 5.57 Å². The third-order valence-corrected chi connectivity index (χ3v) is 4.99. The molecule has 1 rings (SSSR count). The number of nitrogens with one attached hydrogen (secondary N) is 1. The van der Waals surface area contributed by atoms with Crippen LogP contribution in [-0.4, -0.2) is 24.8 Å². The Balaban J connectivity index is 2.96. The van der Waals surface area contributed by atoms with Gasteiger partial charge in [0.25, 0.3) is 5.91 Å². The number of hydroxylamine groups is 1. The summed E-state index contributed by atoms with van der Waals surface area (Å²) in [6, 6.07) is 6.67. The molecule has 0 bridgehead atoms. The largest absolute Gasteiger partial charge is 0.288 e. The summed E-state index contributed by atoms with van der Waals surface area (Å²) < 4.78 is 24.8. The van der Waals surface area contributed by atoms with Crippen LogP contribution in [0.2, 0.25) is 0 Å². The number of hydrogen-bond donors (Lipinski definition) is 2. The summed E-state index contributed by atoms with van der Waals surface area (Å²) in [6.45, 7) is 5.15. The first-order valence-electron chi connectivity index (χ1n) is 6.38. The third kappa shape index (κ3) is 4.84. The first-order chi connectivity index (χ1) is 9.77. The molecule has 1 atom stereocenters. The summed E-state index contributed by atoms with van der Waals surface area (Å²) in [4.78, 5) is 11.1. The monoisotopic (exact) mass is 309 g/mol. The summed E-state index contributed by atoms with van der Waals surface area (Å²) in [5.74, 6) is -0.670. The maximum Gasteiger partial charge on any atom is 0.267 e. The van der Waals surface area contributed by atoms with Crippen LogP contribution in [0.25, 0.3) is 0 Å². The van der Waals surface area contributed by atoms with E-state index in [-0.39, 0.29) is 4.90 Å². The number of allylic oxidation sites excluding steroid dienone is 2. The summed E-state index contributed by atoms with van der Waals surface area (Å²) >= 11 is 0. The minimum atomic E-state index is -3.46. The fourth-order valence-electron chi connectivity index (χ4n) is 1.70. The lowest BCUT2D eigenvalue weighted by Gasteiger charge is -2.10. The summed E-state index contributed by atoms with van der Waals surface area (Å²) in [5.41, 5.74) is 3.07. The fourth-order valence-corrected chi connectivity index (χ4v) is 3.04. The van der Waals surface area contributed by atoms with Crippen molar-refractivity contribution in [1.82, 2.24) is 5.48 Å². The van der Waals surface area contributed by atoms with E-state index < -0.39 is 21.0 Å². The molecule has 1 unspecified atom stereocenters. The quantitative estimate of drug-likeness (QED) is 0.378. The SMILES string of the molecule is CC(/C=C/C(=O)NO)=C\C(C)S(=O)(=O)c1ccc(C)cc1. The van der Waals surface area contributed by atoms with Gasteiger partial charge in [-0.2, -0.15) is 0 Å². The molecule has 1 amide bonds. The standard InChI is InChI=1S/C15H19NO4S/c1-11-4-7-14(8-5-11)21(19,20)13(3)10-12(2)6-9-15(17)16-18/h4-10,13,18H,1-3H3,(H,16,17)/b9-6+,12-10+. The van der Waals surface area contributed by atoms with Gasteiger partial charge in [0.15, 0.2) is 9.84 Å². The molecule has 0 heterocycles. The van der Waals surface area contributed by atoms with Crippen molar-refractivity contribution in [2.45, 2.75) is 30.9 Å². The van der Waals surface area contributed by atoms with Crippen LogP contribution in [0.5, 0.6) is 0 Å². The molecule has 21 heavy (non-hydrogen) atoms. The van der Waals surface area contributed by atoms with E-state index >= 15 is 0 Å². The zero-order valence-corrected chi connectivity index (χ0v) is 13.0. The molecule has 5 nitrogen and oxygen atoms in total. The maximum absolute atomic E-state index is 12.4. The molecular weight excluding hydrogens is 290 g/mol. The molecule has 1 aromatic rings. The highest BCUT2D eigenvalue weighted by Crippen LogP contribution is 2.18. The zero-order chi connectivity index (χ0) is 16.0. The second-order valence-electron chi connectivity index (χ2n) is 4.78. The van der Waals surface area contributed by atoms with E-state index in [1.807, 2.05) is 6.92 Å². The highest BCUT2D eigenvalue weighted by molar-refractivity contribution is 7.92. The predicted molar refractivity (Wildman–Crippen MR) is 80.7 cm³/mol. The smallest absolute Gasteiger partial charge is 0.267 e. The molecule has 0 aliphatic rings. The van der Waals surface area contributed by atoms with Crippen LogP contribution in [0, 0.1) is 6.92 Å². The van der Waals surface area contributed by atoms with Crippen molar-refractivity contribution >= 4 is 15.7 Å². The van der Waals surface area contributed by atoms with Crippen LogP contribution in [-0.2, 0) is 14.6 Å². The number of carbonyl (C=O) groups excluding carboxylic acids is 1. The van der Waals surface area contributed by atoms with Gasteiger partial charge >= 0.3 is 0 Å². The number of sulfone groups is 1. The third-order valence-electron chi connectivity index (χ3n) is 2.94. The van der Waals surface area contributed by atoms with Gasteiger partial charge in [0.1, 0.15) is 0 Å².